The lowest BCUT2D eigenvalue weighted by molar-refractivity contribution is 0.103. The topological polar surface area (TPSA) is 99.5 Å². The maximum absolute atomic E-state index is 6.18. The van der Waals surface area contributed by atoms with Crippen molar-refractivity contribution in [1.82, 2.24) is 19.9 Å². The SMILES string of the molecule is CCOc1nc(OC2CCN(C)CC2)nc(C(N)c2ccco2)n1. The van der Waals surface area contributed by atoms with Crippen LogP contribution in [-0.4, -0.2) is 52.7 Å². The van der Waals surface area contributed by atoms with Crippen molar-refractivity contribution < 1.29 is 13.9 Å². The van der Waals surface area contributed by atoms with Crippen molar-refractivity contribution >= 4 is 0 Å². The Bertz CT molecular complexity index is 641. The molecule has 2 aromatic rings. The van der Waals surface area contributed by atoms with Crippen molar-refractivity contribution in [3.05, 3.63) is 30.0 Å². The molecule has 1 unspecified atom stereocenters. The summed E-state index contributed by atoms with van der Waals surface area (Å²) in [5.74, 6) is 0.945. The van der Waals surface area contributed by atoms with Gasteiger partial charge in [-0.25, -0.2) is 0 Å². The van der Waals surface area contributed by atoms with Crippen molar-refractivity contribution in [2.75, 3.05) is 26.7 Å². The standard InChI is InChI=1S/C16H23N5O3/c1-3-22-15-18-14(13(17)12-5-4-10-23-12)19-16(20-15)24-11-6-8-21(2)9-7-11/h4-5,10-11,13H,3,6-9,17H2,1-2H3. The second kappa shape index (κ2) is 7.59. The van der Waals surface area contributed by atoms with Crippen LogP contribution < -0.4 is 15.2 Å². The van der Waals surface area contributed by atoms with Gasteiger partial charge >= 0.3 is 12.0 Å². The molecule has 3 heterocycles. The number of nitrogens with two attached hydrogens (primary N) is 1. The van der Waals surface area contributed by atoms with E-state index in [2.05, 4.69) is 26.9 Å². The van der Waals surface area contributed by atoms with Gasteiger partial charge in [-0.2, -0.15) is 9.97 Å². The van der Waals surface area contributed by atoms with E-state index in [4.69, 9.17) is 19.6 Å². The molecule has 0 radical (unpaired) electrons. The number of ether oxygens (including phenoxy) is 2. The number of rotatable bonds is 6. The van der Waals surface area contributed by atoms with Gasteiger partial charge in [0.25, 0.3) is 0 Å². The number of furan rings is 1. The summed E-state index contributed by atoms with van der Waals surface area (Å²) in [5, 5.41) is 0. The highest BCUT2D eigenvalue weighted by Gasteiger charge is 2.22. The minimum atomic E-state index is -0.595. The predicted octanol–water partition coefficient (Wildman–Crippen LogP) is 1.38. The van der Waals surface area contributed by atoms with Crippen molar-refractivity contribution in [1.29, 1.82) is 0 Å². The molecule has 0 bridgehead atoms. The maximum Gasteiger partial charge on any atom is 0.323 e. The first kappa shape index (κ1) is 16.7. The zero-order chi connectivity index (χ0) is 16.9. The van der Waals surface area contributed by atoms with Crippen LogP contribution in [0.2, 0.25) is 0 Å². The molecule has 130 valence electrons. The Morgan fingerprint density at radius 2 is 2.04 bits per heavy atom. The molecule has 0 aromatic carbocycles. The Morgan fingerprint density at radius 1 is 1.29 bits per heavy atom. The smallest absolute Gasteiger partial charge is 0.323 e. The van der Waals surface area contributed by atoms with E-state index in [1.54, 1.807) is 18.4 Å². The first-order valence-electron chi connectivity index (χ1n) is 8.18. The van der Waals surface area contributed by atoms with Gasteiger partial charge in [0.15, 0.2) is 5.82 Å². The van der Waals surface area contributed by atoms with Crippen LogP contribution in [-0.2, 0) is 0 Å². The second-order valence-corrected chi connectivity index (χ2v) is 5.81. The molecule has 0 spiro atoms. The van der Waals surface area contributed by atoms with Gasteiger partial charge in [-0.15, -0.1) is 4.98 Å². The highest BCUT2D eigenvalue weighted by molar-refractivity contribution is 5.17. The van der Waals surface area contributed by atoms with Gasteiger partial charge in [-0.1, -0.05) is 0 Å². The molecular weight excluding hydrogens is 310 g/mol. The van der Waals surface area contributed by atoms with Gasteiger partial charge < -0.3 is 24.5 Å². The molecule has 1 atom stereocenters. The summed E-state index contributed by atoms with van der Waals surface area (Å²) in [6.45, 7) is 4.31. The van der Waals surface area contributed by atoms with Gasteiger partial charge in [0.05, 0.1) is 12.9 Å². The van der Waals surface area contributed by atoms with Crippen LogP contribution in [0.4, 0.5) is 0 Å². The fourth-order valence-electron chi connectivity index (χ4n) is 2.59. The molecule has 0 aliphatic carbocycles. The third kappa shape index (κ3) is 4.01. The van der Waals surface area contributed by atoms with E-state index in [1.165, 1.54) is 0 Å². The highest BCUT2D eigenvalue weighted by Crippen LogP contribution is 2.22. The first-order valence-corrected chi connectivity index (χ1v) is 8.18. The number of piperidine rings is 1. The van der Waals surface area contributed by atoms with Crippen LogP contribution in [0.5, 0.6) is 12.0 Å². The fraction of sp³-hybridized carbons (Fsp3) is 0.562. The lowest BCUT2D eigenvalue weighted by Gasteiger charge is -2.28. The molecule has 0 amide bonds. The number of hydrogen-bond donors (Lipinski definition) is 1. The Kier molecular flexibility index (Phi) is 5.27. The van der Waals surface area contributed by atoms with E-state index in [0.717, 1.165) is 25.9 Å². The average molecular weight is 333 g/mol. The van der Waals surface area contributed by atoms with Gasteiger partial charge in [-0.3, -0.25) is 0 Å². The van der Waals surface area contributed by atoms with E-state index < -0.39 is 6.04 Å². The molecule has 2 aromatic heterocycles. The number of likely N-dealkylation sites (tertiary alicyclic amines) is 1. The monoisotopic (exact) mass is 333 g/mol. The van der Waals surface area contributed by atoms with E-state index in [0.29, 0.717) is 18.2 Å². The third-order valence-electron chi connectivity index (χ3n) is 3.95. The van der Waals surface area contributed by atoms with Gasteiger partial charge in [0.1, 0.15) is 17.9 Å². The average Bonchev–Trinajstić information content (AvgIpc) is 3.11. The van der Waals surface area contributed by atoms with Gasteiger partial charge in [-0.05, 0) is 38.9 Å². The second-order valence-electron chi connectivity index (χ2n) is 5.81. The van der Waals surface area contributed by atoms with Crippen LogP contribution in [0.15, 0.2) is 22.8 Å². The quantitative estimate of drug-likeness (QED) is 0.846. The van der Waals surface area contributed by atoms with Crippen LogP contribution >= 0.6 is 0 Å². The molecule has 3 rings (SSSR count). The summed E-state index contributed by atoms with van der Waals surface area (Å²) in [6, 6.07) is 3.43. The van der Waals surface area contributed by atoms with Crippen LogP contribution in [0.1, 0.15) is 37.4 Å². The van der Waals surface area contributed by atoms with E-state index >= 15 is 0 Å². The molecule has 0 saturated carbocycles. The van der Waals surface area contributed by atoms with E-state index in [1.807, 2.05) is 6.92 Å². The summed E-state index contributed by atoms with van der Waals surface area (Å²) in [4.78, 5) is 15.1. The largest absolute Gasteiger partial charge is 0.467 e. The lowest BCUT2D eigenvalue weighted by atomic mass is 10.1. The Labute approximate surface area is 141 Å². The molecule has 1 saturated heterocycles. The molecule has 1 aliphatic rings. The minimum Gasteiger partial charge on any atom is -0.467 e. The molecule has 24 heavy (non-hydrogen) atoms. The minimum absolute atomic E-state index is 0.0887. The normalized spacial score (nSPS) is 17.6. The molecule has 1 fully saturated rings. The van der Waals surface area contributed by atoms with E-state index in [9.17, 15) is 0 Å². The van der Waals surface area contributed by atoms with Crippen LogP contribution in [0.25, 0.3) is 0 Å². The van der Waals surface area contributed by atoms with Crippen molar-refractivity contribution in [3.8, 4) is 12.0 Å². The van der Waals surface area contributed by atoms with Gasteiger partial charge in [0, 0.05) is 13.1 Å². The number of aromatic nitrogens is 3. The Morgan fingerprint density at radius 3 is 2.71 bits per heavy atom. The summed E-state index contributed by atoms with van der Waals surface area (Å²) < 4.78 is 16.7. The van der Waals surface area contributed by atoms with E-state index in [-0.39, 0.29) is 18.1 Å². The molecular formula is C16H23N5O3. The molecule has 2 N–H and O–H groups in total. The predicted molar refractivity (Wildman–Crippen MR) is 86.9 cm³/mol. The summed E-state index contributed by atoms with van der Waals surface area (Å²) in [7, 11) is 2.10. The van der Waals surface area contributed by atoms with Gasteiger partial charge in [0.2, 0.25) is 0 Å². The van der Waals surface area contributed by atoms with Crippen LogP contribution in [0, 0.1) is 0 Å². The molecule has 1 aliphatic heterocycles. The number of nitrogens with zero attached hydrogens (tertiary/aromatic N) is 4. The van der Waals surface area contributed by atoms with Crippen molar-refractivity contribution in [3.63, 3.8) is 0 Å². The molecule has 8 heteroatoms. The van der Waals surface area contributed by atoms with Crippen LogP contribution in [0.3, 0.4) is 0 Å². The number of hydrogen-bond acceptors (Lipinski definition) is 8. The highest BCUT2D eigenvalue weighted by atomic mass is 16.5. The van der Waals surface area contributed by atoms with Crippen molar-refractivity contribution in [2.24, 2.45) is 5.73 Å². The third-order valence-corrected chi connectivity index (χ3v) is 3.95. The first-order chi connectivity index (χ1) is 11.7. The zero-order valence-corrected chi connectivity index (χ0v) is 14.0. The lowest BCUT2D eigenvalue weighted by Crippen LogP contribution is -2.36. The summed E-state index contributed by atoms with van der Waals surface area (Å²) >= 11 is 0. The summed E-state index contributed by atoms with van der Waals surface area (Å²) in [6.07, 6.45) is 3.53. The van der Waals surface area contributed by atoms with Crippen molar-refractivity contribution in [2.45, 2.75) is 31.9 Å². The zero-order valence-electron chi connectivity index (χ0n) is 14.0. The Balaban J connectivity index is 1.80. The summed E-state index contributed by atoms with van der Waals surface area (Å²) in [5.41, 5.74) is 6.18. The molecule has 8 nitrogen and oxygen atoms in total. The Hall–Kier alpha value is -2.19. The fourth-order valence-corrected chi connectivity index (χ4v) is 2.59. The maximum atomic E-state index is 6.18.